The van der Waals surface area contributed by atoms with Crippen LogP contribution in [0.3, 0.4) is 0 Å². The van der Waals surface area contributed by atoms with Gasteiger partial charge >= 0.3 is 0 Å². The van der Waals surface area contributed by atoms with E-state index in [2.05, 4.69) is 29.2 Å². The number of nitrogens with one attached hydrogen (secondary N) is 1. The van der Waals surface area contributed by atoms with Crippen molar-refractivity contribution < 1.29 is 4.79 Å². The molecule has 1 fully saturated rings. The zero-order chi connectivity index (χ0) is 13.8. The highest BCUT2D eigenvalue weighted by Crippen LogP contribution is 2.14. The van der Waals surface area contributed by atoms with Crippen molar-refractivity contribution in [2.45, 2.75) is 19.4 Å². The van der Waals surface area contributed by atoms with Gasteiger partial charge in [0, 0.05) is 32.7 Å². The topological polar surface area (TPSA) is 48.5 Å². The molecule has 104 valence electrons. The van der Waals surface area contributed by atoms with Crippen molar-refractivity contribution in [2.24, 2.45) is 0 Å². The van der Waals surface area contributed by atoms with Crippen LogP contribution in [0, 0.1) is 0 Å². The number of nitrogens with zero attached hydrogens (tertiary/aromatic N) is 3. The number of piperazine rings is 1. The summed E-state index contributed by atoms with van der Waals surface area (Å²) in [6.07, 6.45) is 1.06. The second kappa shape index (κ2) is 6.02. The van der Waals surface area contributed by atoms with Crippen LogP contribution in [0.15, 0.2) is 18.2 Å². The number of likely N-dealkylation sites (N-methyl/N-ethyl adjacent to an activating group) is 1. The van der Waals surface area contributed by atoms with E-state index in [1.807, 2.05) is 17.0 Å². The first-order chi connectivity index (χ1) is 9.15. The van der Waals surface area contributed by atoms with Crippen LogP contribution < -0.4 is 5.32 Å². The zero-order valence-corrected chi connectivity index (χ0v) is 11.9. The Hall–Kier alpha value is -1.62. The maximum absolute atomic E-state index is 12.5. The van der Waals surface area contributed by atoms with Crippen LogP contribution >= 0.6 is 0 Å². The third kappa shape index (κ3) is 3.04. The maximum atomic E-state index is 12.5. The van der Waals surface area contributed by atoms with Gasteiger partial charge in [0.1, 0.15) is 11.5 Å². The number of aromatic nitrogens is 1. The monoisotopic (exact) mass is 262 g/mol. The Labute approximate surface area is 114 Å². The highest BCUT2D eigenvalue weighted by atomic mass is 16.2. The number of hydrogen-bond donors (Lipinski definition) is 1. The average Bonchev–Trinajstić information content (AvgIpc) is 2.47. The first-order valence-corrected chi connectivity index (χ1v) is 6.80. The van der Waals surface area contributed by atoms with Gasteiger partial charge in [-0.15, -0.1) is 0 Å². The van der Waals surface area contributed by atoms with E-state index in [-0.39, 0.29) is 5.91 Å². The second-order valence-electron chi connectivity index (χ2n) is 4.95. The third-order valence-corrected chi connectivity index (χ3v) is 3.76. The molecule has 1 amide bonds. The van der Waals surface area contributed by atoms with E-state index in [9.17, 15) is 4.79 Å². The molecule has 1 unspecified atom stereocenters. The predicted molar refractivity (Wildman–Crippen MR) is 76.4 cm³/mol. The fourth-order valence-electron chi connectivity index (χ4n) is 2.43. The van der Waals surface area contributed by atoms with Crippen molar-refractivity contribution in [3.8, 4) is 0 Å². The summed E-state index contributed by atoms with van der Waals surface area (Å²) >= 11 is 0. The number of carbonyl (C=O) groups excluding carboxylic acids is 1. The molecule has 1 aromatic rings. The lowest BCUT2D eigenvalue weighted by molar-refractivity contribution is 0.0536. The molecule has 0 saturated carbocycles. The quantitative estimate of drug-likeness (QED) is 0.891. The number of anilines is 1. The van der Waals surface area contributed by atoms with Crippen molar-refractivity contribution in [2.75, 3.05) is 39.0 Å². The van der Waals surface area contributed by atoms with Crippen molar-refractivity contribution in [3.63, 3.8) is 0 Å². The molecule has 5 heteroatoms. The van der Waals surface area contributed by atoms with Crippen molar-refractivity contribution in [1.82, 2.24) is 14.8 Å². The Morgan fingerprint density at radius 1 is 1.47 bits per heavy atom. The molecule has 0 spiro atoms. The zero-order valence-electron chi connectivity index (χ0n) is 11.9. The van der Waals surface area contributed by atoms with E-state index in [1.54, 1.807) is 13.1 Å². The smallest absolute Gasteiger partial charge is 0.272 e. The minimum absolute atomic E-state index is 0.0312. The summed E-state index contributed by atoms with van der Waals surface area (Å²) in [7, 11) is 3.93. The molecule has 1 N–H and O–H groups in total. The van der Waals surface area contributed by atoms with Crippen LogP contribution in [-0.2, 0) is 0 Å². The summed E-state index contributed by atoms with van der Waals surface area (Å²) < 4.78 is 0. The lowest BCUT2D eigenvalue weighted by Gasteiger charge is -2.39. The van der Waals surface area contributed by atoms with Crippen molar-refractivity contribution in [1.29, 1.82) is 0 Å². The van der Waals surface area contributed by atoms with Gasteiger partial charge in [-0.25, -0.2) is 4.98 Å². The molecule has 0 radical (unpaired) electrons. The van der Waals surface area contributed by atoms with Gasteiger partial charge in [-0.3, -0.25) is 9.69 Å². The van der Waals surface area contributed by atoms with Crippen LogP contribution in [0.2, 0.25) is 0 Å². The van der Waals surface area contributed by atoms with Crippen LogP contribution in [0.25, 0.3) is 0 Å². The molecule has 1 aliphatic heterocycles. The van der Waals surface area contributed by atoms with Gasteiger partial charge in [0.2, 0.25) is 0 Å². The van der Waals surface area contributed by atoms with Gasteiger partial charge in [-0.1, -0.05) is 13.0 Å². The SMILES string of the molecule is CCC1CN(C(=O)c2cccc(NC)n2)CCN1C. The lowest BCUT2D eigenvalue weighted by Crippen LogP contribution is -2.53. The number of carbonyl (C=O) groups is 1. The molecule has 1 saturated heterocycles. The Bertz CT molecular complexity index is 449. The molecule has 0 aliphatic carbocycles. The molecule has 1 atom stereocenters. The summed E-state index contributed by atoms with van der Waals surface area (Å²) in [5.41, 5.74) is 0.520. The fraction of sp³-hybridized carbons (Fsp3) is 0.571. The molecule has 1 aromatic heterocycles. The van der Waals surface area contributed by atoms with Gasteiger partial charge < -0.3 is 10.2 Å². The molecule has 0 aromatic carbocycles. The standard InChI is InChI=1S/C14H22N4O/c1-4-11-10-18(9-8-17(11)3)14(19)12-6-5-7-13(15-2)16-12/h5-7,11H,4,8-10H2,1-3H3,(H,15,16). The Morgan fingerprint density at radius 3 is 2.95 bits per heavy atom. The summed E-state index contributed by atoms with van der Waals surface area (Å²) in [5.74, 6) is 0.760. The summed E-state index contributed by atoms with van der Waals surface area (Å²) in [4.78, 5) is 21.0. The van der Waals surface area contributed by atoms with E-state index in [4.69, 9.17) is 0 Å². The Morgan fingerprint density at radius 2 is 2.26 bits per heavy atom. The van der Waals surface area contributed by atoms with Gasteiger partial charge in [0.05, 0.1) is 0 Å². The van der Waals surface area contributed by atoms with E-state index in [1.165, 1.54) is 0 Å². The van der Waals surface area contributed by atoms with Crippen molar-refractivity contribution in [3.05, 3.63) is 23.9 Å². The molecule has 5 nitrogen and oxygen atoms in total. The Kier molecular flexibility index (Phi) is 4.37. The summed E-state index contributed by atoms with van der Waals surface area (Å²) in [6, 6.07) is 5.95. The number of hydrogen-bond acceptors (Lipinski definition) is 4. The summed E-state index contributed by atoms with van der Waals surface area (Å²) in [6.45, 7) is 4.65. The normalized spacial score (nSPS) is 20.4. The number of pyridine rings is 1. The van der Waals surface area contributed by atoms with Crippen LogP contribution in [-0.4, -0.2) is 60.5 Å². The van der Waals surface area contributed by atoms with E-state index in [0.717, 1.165) is 31.9 Å². The highest BCUT2D eigenvalue weighted by Gasteiger charge is 2.27. The minimum Gasteiger partial charge on any atom is -0.373 e. The number of rotatable bonds is 3. The minimum atomic E-state index is 0.0312. The molecular formula is C14H22N4O. The van der Waals surface area contributed by atoms with E-state index in [0.29, 0.717) is 11.7 Å². The number of amides is 1. The molecule has 0 bridgehead atoms. The molecular weight excluding hydrogens is 240 g/mol. The summed E-state index contributed by atoms with van der Waals surface area (Å²) in [5, 5.41) is 2.96. The van der Waals surface area contributed by atoms with Crippen LogP contribution in [0.1, 0.15) is 23.8 Å². The van der Waals surface area contributed by atoms with E-state index < -0.39 is 0 Å². The Balaban J connectivity index is 2.10. The second-order valence-corrected chi connectivity index (χ2v) is 4.95. The van der Waals surface area contributed by atoms with Crippen molar-refractivity contribution >= 4 is 11.7 Å². The third-order valence-electron chi connectivity index (χ3n) is 3.76. The largest absolute Gasteiger partial charge is 0.373 e. The van der Waals surface area contributed by atoms with Gasteiger partial charge in [0.15, 0.2) is 0 Å². The van der Waals surface area contributed by atoms with E-state index >= 15 is 0 Å². The fourth-order valence-corrected chi connectivity index (χ4v) is 2.43. The first kappa shape index (κ1) is 13.8. The predicted octanol–water partition coefficient (Wildman–Crippen LogP) is 1.29. The van der Waals surface area contributed by atoms with Gasteiger partial charge in [0.25, 0.3) is 5.91 Å². The average molecular weight is 262 g/mol. The van der Waals surface area contributed by atoms with Crippen LogP contribution in [0.5, 0.6) is 0 Å². The van der Waals surface area contributed by atoms with Gasteiger partial charge in [-0.05, 0) is 25.6 Å². The molecule has 2 heterocycles. The highest BCUT2D eigenvalue weighted by molar-refractivity contribution is 5.92. The maximum Gasteiger partial charge on any atom is 0.272 e. The first-order valence-electron chi connectivity index (χ1n) is 6.80. The molecule has 2 rings (SSSR count). The van der Waals surface area contributed by atoms with Gasteiger partial charge in [-0.2, -0.15) is 0 Å². The molecule has 1 aliphatic rings. The van der Waals surface area contributed by atoms with Crippen LogP contribution in [0.4, 0.5) is 5.82 Å². The lowest BCUT2D eigenvalue weighted by atomic mass is 10.1. The molecule has 19 heavy (non-hydrogen) atoms.